The normalized spacial score (nSPS) is 13.6. The van der Waals surface area contributed by atoms with Crippen molar-refractivity contribution in [2.45, 2.75) is 11.8 Å². The molecule has 0 unspecified atom stereocenters. The van der Waals surface area contributed by atoms with E-state index in [2.05, 4.69) is 10.2 Å². The van der Waals surface area contributed by atoms with Crippen LogP contribution in [-0.2, 0) is 6.61 Å². The first-order valence-corrected chi connectivity index (χ1v) is 9.78. The summed E-state index contributed by atoms with van der Waals surface area (Å²) in [5.41, 5.74) is 0. The molecule has 1 aliphatic rings. The van der Waals surface area contributed by atoms with Crippen LogP contribution in [0.4, 0.5) is 0 Å². The summed E-state index contributed by atoms with van der Waals surface area (Å²) in [5, 5.41) is 13.2. The van der Waals surface area contributed by atoms with Crippen LogP contribution < -0.4 is 9.75 Å². The summed E-state index contributed by atoms with van der Waals surface area (Å²) in [7, 11) is 0. The fourth-order valence-corrected chi connectivity index (χ4v) is 4.19. The highest BCUT2D eigenvalue weighted by Gasteiger charge is 2.28. The molecule has 2 aromatic heterocycles. The van der Waals surface area contributed by atoms with Crippen LogP contribution in [0.15, 0.2) is 46.9 Å². The largest absolute Gasteiger partial charge is 0.485 e. The first kappa shape index (κ1) is 16.4. The molecule has 0 atom stereocenters. The van der Waals surface area contributed by atoms with Crippen molar-refractivity contribution < 1.29 is 9.53 Å². The molecular weight excluding hydrogens is 380 g/mol. The van der Waals surface area contributed by atoms with Gasteiger partial charge in [0.15, 0.2) is 5.82 Å². The van der Waals surface area contributed by atoms with Crippen molar-refractivity contribution in [2.24, 2.45) is 0 Å². The predicted molar refractivity (Wildman–Crippen MR) is 98.3 cm³/mol. The number of halogens is 1. The second-order valence-electron chi connectivity index (χ2n) is 5.21. The lowest BCUT2D eigenvalue weighted by Gasteiger charge is -2.28. The molecule has 128 valence electrons. The number of hydrogen-bond donors (Lipinski definition) is 0. The second kappa shape index (κ2) is 7.07. The number of carbonyl (C=O) groups is 1. The number of aromatic nitrogens is 3. The van der Waals surface area contributed by atoms with Crippen molar-refractivity contribution in [1.82, 2.24) is 14.9 Å². The Morgan fingerprint density at radius 1 is 1.28 bits per heavy atom. The molecule has 0 radical (unpaired) electrons. The summed E-state index contributed by atoms with van der Waals surface area (Å²) in [6.45, 7) is 0.790. The average Bonchev–Trinajstić information content (AvgIpc) is 3.29. The lowest BCUT2D eigenvalue weighted by Crippen LogP contribution is -2.45. The van der Waals surface area contributed by atoms with E-state index in [0.29, 0.717) is 33.2 Å². The van der Waals surface area contributed by atoms with E-state index in [1.807, 2.05) is 29.6 Å². The standard InChI is InChI=1S/C16H13ClN4O2S2/c17-11-3-1-4-12(9-11)23-10-14-18-19-16-21(14)20(6-8-25-16)15(22)13-5-2-7-24-13/h1-5,7,9H,6,8,10H2. The van der Waals surface area contributed by atoms with Gasteiger partial charge in [0.05, 0.1) is 11.4 Å². The van der Waals surface area contributed by atoms with Crippen LogP contribution in [0.25, 0.3) is 0 Å². The van der Waals surface area contributed by atoms with E-state index >= 15 is 0 Å². The first-order chi connectivity index (χ1) is 12.2. The number of nitrogens with zero attached hydrogens (tertiary/aromatic N) is 4. The Bertz CT molecular complexity index is 897. The lowest BCUT2D eigenvalue weighted by atomic mass is 10.3. The topological polar surface area (TPSA) is 60.3 Å². The van der Waals surface area contributed by atoms with Crippen LogP contribution in [-0.4, -0.2) is 33.1 Å². The van der Waals surface area contributed by atoms with Gasteiger partial charge in [0, 0.05) is 10.8 Å². The van der Waals surface area contributed by atoms with Crippen LogP contribution >= 0.6 is 34.7 Å². The van der Waals surface area contributed by atoms with E-state index in [-0.39, 0.29) is 12.5 Å². The Balaban J connectivity index is 1.59. The van der Waals surface area contributed by atoms with Crippen LogP contribution in [0, 0.1) is 0 Å². The Hall–Kier alpha value is -2.03. The van der Waals surface area contributed by atoms with Gasteiger partial charge in [-0.1, -0.05) is 35.5 Å². The van der Waals surface area contributed by atoms with Crippen molar-refractivity contribution >= 4 is 40.6 Å². The molecule has 1 amide bonds. The maximum atomic E-state index is 12.8. The summed E-state index contributed by atoms with van der Waals surface area (Å²) in [4.78, 5) is 13.5. The minimum absolute atomic E-state index is 0.0552. The van der Waals surface area contributed by atoms with Crippen molar-refractivity contribution in [3.8, 4) is 5.75 Å². The average molecular weight is 393 g/mol. The van der Waals surface area contributed by atoms with E-state index < -0.39 is 0 Å². The van der Waals surface area contributed by atoms with E-state index in [9.17, 15) is 4.79 Å². The summed E-state index contributed by atoms with van der Waals surface area (Å²) < 4.78 is 7.51. The number of benzene rings is 1. The predicted octanol–water partition coefficient (Wildman–Crippen LogP) is 3.46. The molecule has 1 aromatic carbocycles. The summed E-state index contributed by atoms with van der Waals surface area (Å²) in [6.07, 6.45) is 0. The molecule has 25 heavy (non-hydrogen) atoms. The van der Waals surface area contributed by atoms with Gasteiger partial charge in [-0.15, -0.1) is 21.5 Å². The molecule has 9 heteroatoms. The maximum Gasteiger partial charge on any atom is 0.282 e. The fraction of sp³-hybridized carbons (Fsp3) is 0.188. The zero-order valence-corrected chi connectivity index (χ0v) is 15.4. The highest BCUT2D eigenvalue weighted by molar-refractivity contribution is 7.99. The Morgan fingerprint density at radius 3 is 3.00 bits per heavy atom. The molecule has 0 aliphatic carbocycles. The minimum atomic E-state index is -0.0552. The SMILES string of the molecule is O=C(c1cccs1)N1CCSc2nnc(COc3cccc(Cl)c3)n21. The van der Waals surface area contributed by atoms with Gasteiger partial charge in [-0.05, 0) is 29.6 Å². The third-order valence-corrected chi connectivity index (χ3v) is 5.58. The summed E-state index contributed by atoms with van der Waals surface area (Å²) in [5.74, 6) is 1.95. The first-order valence-electron chi connectivity index (χ1n) is 7.53. The van der Waals surface area contributed by atoms with E-state index in [4.69, 9.17) is 16.3 Å². The van der Waals surface area contributed by atoms with E-state index in [1.165, 1.54) is 11.3 Å². The molecule has 3 aromatic rings. The van der Waals surface area contributed by atoms with Gasteiger partial charge in [0.25, 0.3) is 5.91 Å². The minimum Gasteiger partial charge on any atom is -0.485 e. The number of thioether (sulfide) groups is 1. The highest BCUT2D eigenvalue weighted by Crippen LogP contribution is 2.25. The highest BCUT2D eigenvalue weighted by atomic mass is 35.5. The van der Waals surface area contributed by atoms with Gasteiger partial charge in [-0.25, -0.2) is 9.69 Å². The summed E-state index contributed by atoms with van der Waals surface area (Å²) in [6, 6.07) is 10.8. The molecule has 0 saturated carbocycles. The molecule has 1 aliphatic heterocycles. The van der Waals surface area contributed by atoms with Gasteiger partial charge in [0.1, 0.15) is 12.4 Å². The molecule has 4 rings (SSSR count). The van der Waals surface area contributed by atoms with Crippen LogP contribution in [0.5, 0.6) is 5.75 Å². The molecular formula is C16H13ClN4O2S2. The van der Waals surface area contributed by atoms with Crippen molar-refractivity contribution in [3.63, 3.8) is 0 Å². The molecule has 0 saturated heterocycles. The molecule has 0 spiro atoms. The van der Waals surface area contributed by atoms with Crippen molar-refractivity contribution in [2.75, 3.05) is 17.3 Å². The number of fused-ring (bicyclic) bond motifs is 1. The fourth-order valence-electron chi connectivity index (χ4n) is 2.47. The number of carbonyl (C=O) groups excluding carboxylic acids is 1. The van der Waals surface area contributed by atoms with Crippen molar-refractivity contribution in [1.29, 1.82) is 0 Å². The number of rotatable bonds is 4. The zero-order chi connectivity index (χ0) is 17.2. The Labute approximate surface area is 157 Å². The zero-order valence-electron chi connectivity index (χ0n) is 13.0. The van der Waals surface area contributed by atoms with Crippen LogP contribution in [0.2, 0.25) is 5.02 Å². The number of ether oxygens (including phenoxy) is 1. The smallest absolute Gasteiger partial charge is 0.282 e. The van der Waals surface area contributed by atoms with Crippen molar-refractivity contribution in [3.05, 3.63) is 57.5 Å². The molecule has 6 nitrogen and oxygen atoms in total. The van der Waals surface area contributed by atoms with Gasteiger partial charge < -0.3 is 4.74 Å². The van der Waals surface area contributed by atoms with Crippen LogP contribution in [0.1, 0.15) is 15.5 Å². The third-order valence-electron chi connectivity index (χ3n) is 3.58. The maximum absolute atomic E-state index is 12.8. The van der Waals surface area contributed by atoms with Gasteiger partial charge in [-0.2, -0.15) is 0 Å². The molecule has 0 bridgehead atoms. The van der Waals surface area contributed by atoms with Gasteiger partial charge in [0.2, 0.25) is 5.16 Å². The molecule has 3 heterocycles. The monoisotopic (exact) mass is 392 g/mol. The Morgan fingerprint density at radius 2 is 2.20 bits per heavy atom. The quantitative estimate of drug-likeness (QED) is 0.680. The summed E-state index contributed by atoms with van der Waals surface area (Å²) >= 11 is 8.97. The van der Waals surface area contributed by atoms with E-state index in [1.54, 1.807) is 33.6 Å². The molecule has 0 N–H and O–H groups in total. The molecule has 0 fully saturated rings. The third kappa shape index (κ3) is 3.37. The van der Waals surface area contributed by atoms with Gasteiger partial charge >= 0.3 is 0 Å². The van der Waals surface area contributed by atoms with Crippen LogP contribution in [0.3, 0.4) is 0 Å². The number of hydrogen-bond acceptors (Lipinski definition) is 6. The lowest BCUT2D eigenvalue weighted by molar-refractivity contribution is 0.0957. The number of thiophene rings is 1. The Kier molecular flexibility index (Phi) is 4.65. The second-order valence-corrected chi connectivity index (χ2v) is 7.66. The van der Waals surface area contributed by atoms with Gasteiger partial charge in [-0.3, -0.25) is 4.79 Å². The van der Waals surface area contributed by atoms with E-state index in [0.717, 1.165) is 5.75 Å². The number of amides is 1.